The molecular formula is C25H22N4O4. The van der Waals surface area contributed by atoms with E-state index in [1.807, 2.05) is 42.5 Å². The first kappa shape index (κ1) is 20.8. The molecule has 8 heteroatoms. The molecule has 166 valence electrons. The summed E-state index contributed by atoms with van der Waals surface area (Å²) in [6, 6.07) is 14.0. The van der Waals surface area contributed by atoms with Crippen LogP contribution in [0.5, 0.6) is 0 Å². The molecule has 0 fully saturated rings. The molecule has 2 atom stereocenters. The third kappa shape index (κ3) is 3.63. The second kappa shape index (κ2) is 8.12. The first-order valence-electron chi connectivity index (χ1n) is 10.7. The molecule has 5 rings (SSSR count). The van der Waals surface area contributed by atoms with Crippen LogP contribution in [0.2, 0.25) is 0 Å². The Kier molecular flexibility index (Phi) is 5.12. The molecule has 0 radical (unpaired) electrons. The second-order valence-electron chi connectivity index (χ2n) is 8.37. The Balaban J connectivity index is 1.37. The van der Waals surface area contributed by atoms with Crippen LogP contribution in [0.1, 0.15) is 32.7 Å². The highest BCUT2D eigenvalue weighted by molar-refractivity contribution is 6.06. The molecule has 8 nitrogen and oxygen atoms in total. The van der Waals surface area contributed by atoms with Crippen molar-refractivity contribution in [2.45, 2.75) is 30.7 Å². The van der Waals surface area contributed by atoms with E-state index in [0.717, 1.165) is 22.3 Å². The number of carbonyl (C=O) groups is 3. The normalized spacial score (nSPS) is 18.9. The van der Waals surface area contributed by atoms with Crippen molar-refractivity contribution < 1.29 is 19.1 Å². The van der Waals surface area contributed by atoms with Gasteiger partial charge in [0, 0.05) is 24.4 Å². The topological polar surface area (TPSA) is 110 Å². The maximum atomic E-state index is 13.0. The van der Waals surface area contributed by atoms with Gasteiger partial charge in [0.25, 0.3) is 5.91 Å². The number of pyridine rings is 2. The zero-order chi connectivity index (χ0) is 23.0. The molecule has 2 aliphatic rings. The van der Waals surface area contributed by atoms with Gasteiger partial charge in [-0.3, -0.25) is 14.6 Å². The third-order valence-electron chi connectivity index (χ3n) is 6.36. The Morgan fingerprint density at radius 2 is 1.91 bits per heavy atom. The molecule has 0 saturated carbocycles. The zero-order valence-electron chi connectivity index (χ0n) is 18.0. The summed E-state index contributed by atoms with van der Waals surface area (Å²) in [5, 5.41) is 5.61. The fraction of sp³-hybridized carbons (Fsp3) is 0.240. The van der Waals surface area contributed by atoms with Crippen LogP contribution in [0.15, 0.2) is 60.9 Å². The van der Waals surface area contributed by atoms with Crippen molar-refractivity contribution in [3.8, 4) is 0 Å². The largest absolute Gasteiger partial charge is 0.467 e. The SMILES string of the molecule is COC(=O)C(Cc1ccccc1)NC(=O)c1cc2c(cn1)CC1(C2)C(=O)Nc2ncccc21. The molecule has 1 spiro atoms. The van der Waals surface area contributed by atoms with Crippen LogP contribution < -0.4 is 10.6 Å². The van der Waals surface area contributed by atoms with Crippen molar-refractivity contribution in [1.29, 1.82) is 0 Å². The maximum absolute atomic E-state index is 13.0. The quantitative estimate of drug-likeness (QED) is 0.585. The number of esters is 1. The van der Waals surface area contributed by atoms with Gasteiger partial charge in [-0.15, -0.1) is 0 Å². The van der Waals surface area contributed by atoms with Crippen LogP contribution in [-0.4, -0.2) is 40.9 Å². The van der Waals surface area contributed by atoms with Gasteiger partial charge in [0.1, 0.15) is 17.6 Å². The Morgan fingerprint density at radius 1 is 1.12 bits per heavy atom. The van der Waals surface area contributed by atoms with E-state index in [2.05, 4.69) is 20.6 Å². The summed E-state index contributed by atoms with van der Waals surface area (Å²) in [5.74, 6) is -0.503. The van der Waals surface area contributed by atoms with Gasteiger partial charge < -0.3 is 15.4 Å². The highest BCUT2D eigenvalue weighted by atomic mass is 16.5. The van der Waals surface area contributed by atoms with Crippen LogP contribution >= 0.6 is 0 Å². The van der Waals surface area contributed by atoms with E-state index in [9.17, 15) is 14.4 Å². The molecular weight excluding hydrogens is 420 g/mol. The van der Waals surface area contributed by atoms with Gasteiger partial charge in [-0.1, -0.05) is 36.4 Å². The average molecular weight is 442 g/mol. The summed E-state index contributed by atoms with van der Waals surface area (Å²) in [5.41, 5.74) is 3.04. The van der Waals surface area contributed by atoms with Crippen LogP contribution in [0.3, 0.4) is 0 Å². The number of nitrogens with zero attached hydrogens (tertiary/aromatic N) is 2. The molecule has 2 unspecified atom stereocenters. The molecule has 2 amide bonds. The van der Waals surface area contributed by atoms with Gasteiger partial charge in [-0.25, -0.2) is 9.78 Å². The maximum Gasteiger partial charge on any atom is 0.328 e. The number of methoxy groups -OCH3 is 1. The van der Waals surface area contributed by atoms with E-state index < -0.39 is 23.3 Å². The van der Waals surface area contributed by atoms with Crippen molar-refractivity contribution in [3.05, 3.63) is 88.9 Å². The van der Waals surface area contributed by atoms with Gasteiger partial charge >= 0.3 is 5.97 Å². The summed E-state index contributed by atoms with van der Waals surface area (Å²) in [7, 11) is 1.29. The molecule has 33 heavy (non-hydrogen) atoms. The lowest BCUT2D eigenvalue weighted by Crippen LogP contribution is -2.43. The number of carbonyl (C=O) groups excluding carboxylic acids is 3. The first-order chi connectivity index (χ1) is 16.0. The zero-order valence-corrected chi connectivity index (χ0v) is 18.0. The van der Waals surface area contributed by atoms with Crippen LogP contribution in [0.25, 0.3) is 0 Å². The van der Waals surface area contributed by atoms with Crippen molar-refractivity contribution in [1.82, 2.24) is 15.3 Å². The minimum Gasteiger partial charge on any atom is -0.467 e. The summed E-state index contributed by atoms with van der Waals surface area (Å²) in [6.07, 6.45) is 4.56. The molecule has 0 saturated heterocycles. The number of amides is 2. The van der Waals surface area contributed by atoms with Crippen LogP contribution in [-0.2, 0) is 39.0 Å². The highest BCUT2D eigenvalue weighted by Gasteiger charge is 2.51. The lowest BCUT2D eigenvalue weighted by Gasteiger charge is -2.20. The minimum absolute atomic E-state index is 0.0907. The molecule has 1 aromatic carbocycles. The van der Waals surface area contributed by atoms with Crippen LogP contribution in [0, 0.1) is 0 Å². The Bertz CT molecular complexity index is 1260. The third-order valence-corrected chi connectivity index (χ3v) is 6.36. The number of hydrogen-bond donors (Lipinski definition) is 2. The number of aromatic nitrogens is 2. The lowest BCUT2D eigenvalue weighted by molar-refractivity contribution is -0.142. The highest BCUT2D eigenvalue weighted by Crippen LogP contribution is 2.46. The monoisotopic (exact) mass is 442 g/mol. The van der Waals surface area contributed by atoms with E-state index in [1.165, 1.54) is 7.11 Å². The Labute approximate surface area is 190 Å². The smallest absolute Gasteiger partial charge is 0.328 e. The standard InChI is InChI=1S/C25H22N4O4/c1-33-23(31)20(10-15-6-3-2-4-7-15)28-22(30)19-11-16-12-25(13-17(16)14-27-19)18-8-5-9-26-21(18)29-24(25)32/h2-9,11,14,20H,10,12-13H2,1H3,(H,28,30)(H,26,29,32). The first-order valence-corrected chi connectivity index (χ1v) is 10.7. The fourth-order valence-electron chi connectivity index (χ4n) is 4.70. The number of anilines is 1. The number of ether oxygens (including phenoxy) is 1. The van der Waals surface area contributed by atoms with E-state index in [4.69, 9.17) is 4.74 Å². The van der Waals surface area contributed by atoms with Crippen LogP contribution in [0.4, 0.5) is 5.82 Å². The molecule has 1 aliphatic carbocycles. The Morgan fingerprint density at radius 3 is 2.70 bits per heavy atom. The summed E-state index contributed by atoms with van der Waals surface area (Å²) in [6.45, 7) is 0. The van der Waals surface area contributed by atoms with Gasteiger partial charge in [0.05, 0.1) is 12.5 Å². The van der Waals surface area contributed by atoms with E-state index in [1.54, 1.807) is 18.5 Å². The van der Waals surface area contributed by atoms with Gasteiger partial charge in [0.15, 0.2) is 0 Å². The molecule has 3 aromatic rings. The molecule has 2 N–H and O–H groups in total. The molecule has 0 bridgehead atoms. The molecule has 1 aliphatic heterocycles. The van der Waals surface area contributed by atoms with E-state index >= 15 is 0 Å². The number of nitrogens with one attached hydrogen (secondary N) is 2. The number of hydrogen-bond acceptors (Lipinski definition) is 6. The fourth-order valence-corrected chi connectivity index (χ4v) is 4.70. The van der Waals surface area contributed by atoms with Crippen molar-refractivity contribution in [3.63, 3.8) is 0 Å². The van der Waals surface area contributed by atoms with Crippen molar-refractivity contribution >= 4 is 23.6 Å². The van der Waals surface area contributed by atoms with E-state index in [-0.39, 0.29) is 11.6 Å². The Hall–Kier alpha value is -4.07. The summed E-state index contributed by atoms with van der Waals surface area (Å²) in [4.78, 5) is 46.7. The number of benzene rings is 1. The lowest BCUT2D eigenvalue weighted by atomic mass is 9.79. The van der Waals surface area contributed by atoms with Gasteiger partial charge in [0.2, 0.25) is 5.91 Å². The van der Waals surface area contributed by atoms with Crippen molar-refractivity contribution in [2.24, 2.45) is 0 Å². The number of fused-ring (bicyclic) bond motifs is 3. The van der Waals surface area contributed by atoms with Gasteiger partial charge in [-0.05, 0) is 41.7 Å². The number of rotatable bonds is 5. The second-order valence-corrected chi connectivity index (χ2v) is 8.37. The summed E-state index contributed by atoms with van der Waals surface area (Å²) >= 11 is 0. The molecule has 3 heterocycles. The predicted molar refractivity (Wildman–Crippen MR) is 120 cm³/mol. The summed E-state index contributed by atoms with van der Waals surface area (Å²) < 4.78 is 4.88. The molecule has 2 aromatic heterocycles. The van der Waals surface area contributed by atoms with Crippen molar-refractivity contribution in [2.75, 3.05) is 12.4 Å². The van der Waals surface area contributed by atoms with E-state index in [0.29, 0.717) is 25.1 Å². The average Bonchev–Trinajstić information content (AvgIpc) is 3.35. The minimum atomic E-state index is -0.843. The van der Waals surface area contributed by atoms with Gasteiger partial charge in [-0.2, -0.15) is 0 Å². The predicted octanol–water partition coefficient (Wildman–Crippen LogP) is 1.98.